The summed E-state index contributed by atoms with van der Waals surface area (Å²) in [6.45, 7) is 2.16. The summed E-state index contributed by atoms with van der Waals surface area (Å²) >= 11 is 12.5. The van der Waals surface area contributed by atoms with E-state index in [-0.39, 0.29) is 6.04 Å². The lowest BCUT2D eigenvalue weighted by molar-refractivity contribution is 0.649. The Morgan fingerprint density at radius 1 is 1.10 bits per heavy atom. The molecule has 0 aliphatic rings. The van der Waals surface area contributed by atoms with Crippen LogP contribution in [-0.4, -0.2) is 9.55 Å². The minimum absolute atomic E-state index is 0.169. The minimum Gasteiger partial charge on any atom is -0.331 e. The van der Waals surface area contributed by atoms with Crippen molar-refractivity contribution in [1.29, 1.82) is 0 Å². The molecule has 3 rings (SSSR count). The number of hydrogen-bond donors (Lipinski definition) is 1. The Balaban J connectivity index is 2.21. The average Bonchev–Trinajstić information content (AvgIpc) is 2.73. The van der Waals surface area contributed by atoms with Crippen LogP contribution in [0.2, 0.25) is 0 Å². The van der Waals surface area contributed by atoms with Gasteiger partial charge in [-0.25, -0.2) is 0 Å². The average molecular weight is 412 g/mol. The van der Waals surface area contributed by atoms with Crippen LogP contribution >= 0.6 is 44.1 Å². The molecule has 0 bridgehead atoms. The quantitative estimate of drug-likeness (QED) is 0.525. The van der Waals surface area contributed by atoms with E-state index < -0.39 is 0 Å². The summed E-state index contributed by atoms with van der Waals surface area (Å²) in [5.41, 5.74) is 3.38. The molecule has 5 heteroatoms. The van der Waals surface area contributed by atoms with Crippen LogP contribution in [0.5, 0.6) is 0 Å². The predicted molar refractivity (Wildman–Crippen MR) is 92.8 cm³/mol. The molecular formula is C15H12Br2N2S. The number of hydrogen-bond acceptors (Lipinski definition) is 1. The first kappa shape index (κ1) is 14.0. The molecule has 0 aliphatic carbocycles. The van der Waals surface area contributed by atoms with Crippen LogP contribution in [0, 0.1) is 4.77 Å². The summed E-state index contributed by atoms with van der Waals surface area (Å²) in [6, 6.07) is 14.6. The number of halogens is 2. The molecule has 0 saturated heterocycles. The van der Waals surface area contributed by atoms with E-state index >= 15 is 0 Å². The third kappa shape index (κ3) is 2.50. The SMILES string of the molecule is CC(c1cccc(Br)c1)n1c(=S)[nH]c2ccc(Br)cc21. The molecule has 0 radical (unpaired) electrons. The maximum Gasteiger partial charge on any atom is 0.178 e. The molecule has 0 aliphatic heterocycles. The van der Waals surface area contributed by atoms with Crippen molar-refractivity contribution < 1.29 is 0 Å². The van der Waals surface area contributed by atoms with Crippen molar-refractivity contribution in [2.45, 2.75) is 13.0 Å². The number of benzene rings is 2. The number of fused-ring (bicyclic) bond motifs is 1. The zero-order valence-electron chi connectivity index (χ0n) is 10.7. The molecule has 1 unspecified atom stereocenters. The number of aromatic nitrogens is 2. The second-order valence-corrected chi connectivity index (χ2v) is 6.91. The summed E-state index contributed by atoms with van der Waals surface area (Å²) in [4.78, 5) is 3.26. The molecule has 0 fully saturated rings. The first-order valence-corrected chi connectivity index (χ1v) is 8.21. The predicted octanol–water partition coefficient (Wildman–Crippen LogP) is 5.83. The van der Waals surface area contributed by atoms with Crippen molar-refractivity contribution in [3.05, 3.63) is 61.7 Å². The van der Waals surface area contributed by atoms with Crippen LogP contribution in [0.15, 0.2) is 51.4 Å². The van der Waals surface area contributed by atoms with Crippen LogP contribution in [0.1, 0.15) is 18.5 Å². The summed E-state index contributed by atoms with van der Waals surface area (Å²) in [6.07, 6.45) is 0. The highest BCUT2D eigenvalue weighted by Crippen LogP contribution is 2.27. The van der Waals surface area contributed by atoms with Crippen LogP contribution in [0.4, 0.5) is 0 Å². The summed E-state index contributed by atoms with van der Waals surface area (Å²) < 4.78 is 5.02. The van der Waals surface area contributed by atoms with Gasteiger partial charge in [-0.1, -0.05) is 44.0 Å². The number of imidazole rings is 1. The van der Waals surface area contributed by atoms with Crippen molar-refractivity contribution in [2.75, 3.05) is 0 Å². The van der Waals surface area contributed by atoms with Gasteiger partial charge in [-0.15, -0.1) is 0 Å². The molecule has 2 nitrogen and oxygen atoms in total. The molecule has 0 amide bonds. The van der Waals surface area contributed by atoms with Gasteiger partial charge in [0.2, 0.25) is 0 Å². The van der Waals surface area contributed by atoms with Gasteiger partial charge in [0.05, 0.1) is 17.1 Å². The Bertz CT molecular complexity index is 835. The third-order valence-corrected chi connectivity index (χ3v) is 4.68. The fourth-order valence-electron chi connectivity index (χ4n) is 2.39. The Kier molecular flexibility index (Phi) is 3.84. The van der Waals surface area contributed by atoms with E-state index in [1.165, 1.54) is 5.56 Å². The molecule has 1 atom stereocenters. The van der Waals surface area contributed by atoms with Gasteiger partial charge >= 0.3 is 0 Å². The van der Waals surface area contributed by atoms with E-state index in [4.69, 9.17) is 12.2 Å². The lowest BCUT2D eigenvalue weighted by Crippen LogP contribution is -2.06. The third-order valence-electron chi connectivity index (χ3n) is 3.40. The first-order chi connectivity index (χ1) is 9.56. The minimum atomic E-state index is 0.169. The van der Waals surface area contributed by atoms with Gasteiger partial charge in [-0.05, 0) is 55.0 Å². The van der Waals surface area contributed by atoms with E-state index in [0.29, 0.717) is 0 Å². The molecule has 0 saturated carbocycles. The number of rotatable bonds is 2. The number of nitrogens with zero attached hydrogens (tertiary/aromatic N) is 1. The maximum absolute atomic E-state index is 5.49. The molecule has 20 heavy (non-hydrogen) atoms. The molecule has 102 valence electrons. The van der Waals surface area contributed by atoms with E-state index in [2.05, 4.69) is 66.5 Å². The van der Waals surface area contributed by atoms with Crippen molar-refractivity contribution >= 4 is 55.1 Å². The van der Waals surface area contributed by atoms with Crippen LogP contribution in [0.3, 0.4) is 0 Å². The number of nitrogens with one attached hydrogen (secondary N) is 1. The molecule has 1 aromatic heterocycles. The second kappa shape index (κ2) is 5.47. The number of H-pyrrole nitrogens is 1. The molecule has 1 heterocycles. The van der Waals surface area contributed by atoms with Gasteiger partial charge < -0.3 is 9.55 Å². The zero-order valence-corrected chi connectivity index (χ0v) is 14.7. The standard InChI is InChI=1S/C15H12Br2N2S/c1-9(10-3-2-4-11(16)7-10)19-14-8-12(17)5-6-13(14)18-15(19)20/h2-9H,1H3,(H,18,20). The summed E-state index contributed by atoms with van der Waals surface area (Å²) in [5.74, 6) is 0. The Morgan fingerprint density at radius 2 is 1.85 bits per heavy atom. The second-order valence-electron chi connectivity index (χ2n) is 4.69. The van der Waals surface area contributed by atoms with Crippen LogP contribution < -0.4 is 0 Å². The fourth-order valence-corrected chi connectivity index (χ4v) is 3.53. The van der Waals surface area contributed by atoms with E-state index in [9.17, 15) is 0 Å². The van der Waals surface area contributed by atoms with E-state index in [1.54, 1.807) is 0 Å². The van der Waals surface area contributed by atoms with Gasteiger partial charge in [0.15, 0.2) is 4.77 Å². The van der Waals surface area contributed by atoms with Crippen molar-refractivity contribution in [3.63, 3.8) is 0 Å². The summed E-state index contributed by atoms with van der Waals surface area (Å²) in [7, 11) is 0. The highest BCUT2D eigenvalue weighted by Gasteiger charge is 2.13. The Labute approximate surface area is 139 Å². The lowest BCUT2D eigenvalue weighted by Gasteiger charge is -2.15. The van der Waals surface area contributed by atoms with Crippen molar-refractivity contribution in [2.24, 2.45) is 0 Å². The first-order valence-electron chi connectivity index (χ1n) is 6.21. The molecule has 0 spiro atoms. The smallest absolute Gasteiger partial charge is 0.178 e. The van der Waals surface area contributed by atoms with Gasteiger partial charge in [0.1, 0.15) is 0 Å². The van der Waals surface area contributed by atoms with Gasteiger partial charge in [0, 0.05) is 8.95 Å². The van der Waals surface area contributed by atoms with Crippen LogP contribution in [-0.2, 0) is 0 Å². The largest absolute Gasteiger partial charge is 0.331 e. The monoisotopic (exact) mass is 410 g/mol. The molecular weight excluding hydrogens is 400 g/mol. The highest BCUT2D eigenvalue weighted by molar-refractivity contribution is 9.10. The normalized spacial score (nSPS) is 12.8. The summed E-state index contributed by atoms with van der Waals surface area (Å²) in [5, 5.41) is 0. The molecule has 1 N–H and O–H groups in total. The Hall–Kier alpha value is -0.910. The lowest BCUT2D eigenvalue weighted by atomic mass is 10.1. The van der Waals surface area contributed by atoms with Crippen molar-refractivity contribution in [1.82, 2.24) is 9.55 Å². The molecule has 3 aromatic rings. The molecule has 2 aromatic carbocycles. The Morgan fingerprint density at radius 3 is 2.60 bits per heavy atom. The topological polar surface area (TPSA) is 20.7 Å². The van der Waals surface area contributed by atoms with E-state index in [1.807, 2.05) is 24.3 Å². The van der Waals surface area contributed by atoms with Gasteiger partial charge in [-0.3, -0.25) is 0 Å². The maximum atomic E-state index is 5.49. The van der Waals surface area contributed by atoms with Crippen molar-refractivity contribution in [3.8, 4) is 0 Å². The number of aromatic amines is 1. The van der Waals surface area contributed by atoms with Gasteiger partial charge in [-0.2, -0.15) is 0 Å². The van der Waals surface area contributed by atoms with E-state index in [0.717, 1.165) is 24.7 Å². The van der Waals surface area contributed by atoms with Gasteiger partial charge in [0.25, 0.3) is 0 Å². The zero-order chi connectivity index (χ0) is 14.3. The van der Waals surface area contributed by atoms with Crippen LogP contribution in [0.25, 0.3) is 11.0 Å². The highest BCUT2D eigenvalue weighted by atomic mass is 79.9. The fraction of sp³-hybridized carbons (Fsp3) is 0.133.